The lowest BCUT2D eigenvalue weighted by atomic mass is 9.80. The van der Waals surface area contributed by atoms with Gasteiger partial charge >= 0.3 is 0 Å². The van der Waals surface area contributed by atoms with Gasteiger partial charge in [0.05, 0.1) is 17.8 Å². The lowest BCUT2D eigenvalue weighted by Gasteiger charge is -2.40. The molecule has 2 heteroatoms. The van der Waals surface area contributed by atoms with Crippen LogP contribution in [0.15, 0.2) is 109 Å². The fourth-order valence-electron chi connectivity index (χ4n) is 8.68. The van der Waals surface area contributed by atoms with Gasteiger partial charge in [0.15, 0.2) is 0 Å². The second-order valence-electron chi connectivity index (χ2n) is 14.3. The van der Waals surface area contributed by atoms with Gasteiger partial charge in [0.2, 0.25) is 0 Å². The van der Waals surface area contributed by atoms with E-state index in [-0.39, 0.29) is 22.9 Å². The molecule has 4 aliphatic rings. The zero-order chi connectivity index (χ0) is 29.8. The molecule has 5 aromatic carbocycles. The lowest BCUT2D eigenvalue weighted by Crippen LogP contribution is -2.51. The third kappa shape index (κ3) is 3.54. The third-order valence-corrected chi connectivity index (χ3v) is 11.1. The summed E-state index contributed by atoms with van der Waals surface area (Å²) in [6, 6.07) is 39.2. The van der Waals surface area contributed by atoms with Gasteiger partial charge in [0.1, 0.15) is 0 Å². The van der Waals surface area contributed by atoms with Crippen molar-refractivity contribution < 1.29 is 0 Å². The molecule has 0 fully saturated rings. The fourth-order valence-corrected chi connectivity index (χ4v) is 8.68. The molecule has 0 bridgehead atoms. The third-order valence-electron chi connectivity index (χ3n) is 11.1. The van der Waals surface area contributed by atoms with Crippen LogP contribution in [0.3, 0.4) is 0 Å². The van der Waals surface area contributed by atoms with Gasteiger partial charge in [-0.05, 0) is 73.7 Å². The van der Waals surface area contributed by atoms with Crippen molar-refractivity contribution in [2.45, 2.75) is 63.5 Å². The SMILES string of the molecule is CC1(C)C2=C(NC3C(N2)c2ccc(-c4ccc5c(c4)CCC(c4cccc6ccccc46)=C5)cc2C3(C)C)c2ccccc21. The number of nitrogens with one attached hydrogen (secondary N) is 2. The van der Waals surface area contributed by atoms with Crippen molar-refractivity contribution in [3.8, 4) is 11.1 Å². The van der Waals surface area contributed by atoms with Gasteiger partial charge in [0.25, 0.3) is 0 Å². The molecule has 0 amide bonds. The summed E-state index contributed by atoms with van der Waals surface area (Å²) in [6.07, 6.45) is 4.56. The van der Waals surface area contributed by atoms with Crippen LogP contribution in [0.25, 0.3) is 39.2 Å². The first kappa shape index (κ1) is 25.9. The van der Waals surface area contributed by atoms with Gasteiger partial charge in [-0.1, -0.05) is 137 Å². The maximum Gasteiger partial charge on any atom is 0.0724 e. The van der Waals surface area contributed by atoms with Crippen molar-refractivity contribution in [3.05, 3.63) is 148 Å². The molecule has 0 spiro atoms. The number of allylic oxidation sites excluding steroid dienone is 2. The van der Waals surface area contributed by atoms with Crippen molar-refractivity contribution in [2.24, 2.45) is 0 Å². The number of fused-ring (bicyclic) bond motifs is 7. The summed E-state index contributed by atoms with van der Waals surface area (Å²) in [5.74, 6) is 0. The summed E-state index contributed by atoms with van der Waals surface area (Å²) in [5, 5.41) is 10.8. The molecule has 0 saturated carbocycles. The molecular formula is C42H38N2. The second-order valence-corrected chi connectivity index (χ2v) is 14.3. The Hall–Kier alpha value is -4.56. The standard InChI is InChI=1S/C42H38N2/c1-41(2)35-15-8-7-13-33(35)37-39(41)44-38-34-21-20-29(24-36(34)42(3,4)40(38)43-37)27-16-17-28-23-30(19-18-26(28)22-27)32-14-9-11-25-10-5-6-12-31(25)32/h5-17,20-24,38,40,43-44H,18-19H2,1-4H3. The van der Waals surface area contributed by atoms with Gasteiger partial charge in [-0.15, -0.1) is 0 Å². The van der Waals surface area contributed by atoms with E-state index in [9.17, 15) is 0 Å². The Labute approximate surface area is 260 Å². The number of rotatable bonds is 2. The lowest BCUT2D eigenvalue weighted by molar-refractivity contribution is 0.318. The zero-order valence-electron chi connectivity index (χ0n) is 26.0. The molecule has 216 valence electrons. The van der Waals surface area contributed by atoms with E-state index in [1.807, 2.05) is 0 Å². The van der Waals surface area contributed by atoms with E-state index < -0.39 is 0 Å². The molecule has 0 radical (unpaired) electrons. The van der Waals surface area contributed by atoms with E-state index in [4.69, 9.17) is 0 Å². The van der Waals surface area contributed by atoms with Gasteiger partial charge < -0.3 is 10.6 Å². The molecule has 9 rings (SSSR count). The second kappa shape index (κ2) is 8.99. The van der Waals surface area contributed by atoms with E-state index in [0.717, 1.165) is 12.8 Å². The van der Waals surface area contributed by atoms with Gasteiger partial charge in [-0.3, -0.25) is 0 Å². The molecule has 0 aromatic heterocycles. The van der Waals surface area contributed by atoms with Crippen LogP contribution in [0.5, 0.6) is 0 Å². The molecular weight excluding hydrogens is 532 g/mol. The van der Waals surface area contributed by atoms with Crippen LogP contribution in [0.1, 0.15) is 79.1 Å². The van der Waals surface area contributed by atoms with E-state index in [1.165, 1.54) is 77.8 Å². The highest BCUT2D eigenvalue weighted by atomic mass is 15.1. The fraction of sp³-hybridized carbons (Fsp3) is 0.238. The number of hydrogen-bond acceptors (Lipinski definition) is 2. The van der Waals surface area contributed by atoms with Crippen molar-refractivity contribution in [1.29, 1.82) is 0 Å². The Morgan fingerprint density at radius 1 is 0.659 bits per heavy atom. The predicted octanol–water partition coefficient (Wildman–Crippen LogP) is 9.55. The van der Waals surface area contributed by atoms with Crippen LogP contribution in [0.2, 0.25) is 0 Å². The summed E-state index contributed by atoms with van der Waals surface area (Å²) in [6.45, 7) is 9.53. The van der Waals surface area contributed by atoms with Crippen LogP contribution >= 0.6 is 0 Å². The Balaban J connectivity index is 1.05. The van der Waals surface area contributed by atoms with Crippen LogP contribution in [0.4, 0.5) is 0 Å². The quantitative estimate of drug-likeness (QED) is 0.221. The zero-order valence-corrected chi connectivity index (χ0v) is 26.0. The van der Waals surface area contributed by atoms with E-state index in [2.05, 4.69) is 148 Å². The van der Waals surface area contributed by atoms with Gasteiger partial charge in [-0.2, -0.15) is 0 Å². The molecule has 2 nitrogen and oxygen atoms in total. The minimum Gasteiger partial charge on any atom is -0.377 e. The van der Waals surface area contributed by atoms with Crippen LogP contribution in [0, 0.1) is 0 Å². The monoisotopic (exact) mass is 570 g/mol. The average molecular weight is 571 g/mol. The first-order chi connectivity index (χ1) is 21.3. The van der Waals surface area contributed by atoms with E-state index >= 15 is 0 Å². The van der Waals surface area contributed by atoms with Gasteiger partial charge in [-0.25, -0.2) is 0 Å². The first-order valence-electron chi connectivity index (χ1n) is 16.1. The summed E-state index contributed by atoms with van der Waals surface area (Å²) < 4.78 is 0. The van der Waals surface area contributed by atoms with Crippen molar-refractivity contribution >= 4 is 28.1 Å². The normalized spacial score (nSPS) is 21.8. The van der Waals surface area contributed by atoms with Crippen molar-refractivity contribution in [2.75, 3.05) is 0 Å². The summed E-state index contributed by atoms with van der Waals surface area (Å²) >= 11 is 0. The Kier molecular flexibility index (Phi) is 5.29. The largest absolute Gasteiger partial charge is 0.377 e. The molecule has 2 N–H and O–H groups in total. The number of aryl methyl sites for hydroxylation is 1. The number of hydrogen-bond donors (Lipinski definition) is 2. The van der Waals surface area contributed by atoms with E-state index in [1.54, 1.807) is 0 Å². The molecule has 0 saturated heterocycles. The van der Waals surface area contributed by atoms with Crippen molar-refractivity contribution in [3.63, 3.8) is 0 Å². The smallest absolute Gasteiger partial charge is 0.0724 e. The first-order valence-corrected chi connectivity index (χ1v) is 16.1. The Bertz CT molecular complexity index is 2080. The molecule has 1 aliphatic heterocycles. The van der Waals surface area contributed by atoms with E-state index in [0.29, 0.717) is 0 Å². The van der Waals surface area contributed by atoms with Crippen molar-refractivity contribution in [1.82, 2.24) is 10.6 Å². The molecule has 2 atom stereocenters. The topological polar surface area (TPSA) is 24.1 Å². The molecule has 3 aliphatic carbocycles. The van der Waals surface area contributed by atoms with Crippen LogP contribution in [-0.2, 0) is 17.3 Å². The van der Waals surface area contributed by atoms with Crippen LogP contribution in [-0.4, -0.2) is 6.04 Å². The highest BCUT2D eigenvalue weighted by Crippen LogP contribution is 2.53. The highest BCUT2D eigenvalue weighted by Gasteiger charge is 2.52. The summed E-state index contributed by atoms with van der Waals surface area (Å²) in [4.78, 5) is 0. The molecule has 44 heavy (non-hydrogen) atoms. The number of benzene rings is 5. The summed E-state index contributed by atoms with van der Waals surface area (Å²) in [5.41, 5.74) is 16.4. The minimum absolute atomic E-state index is 0.0203. The molecule has 1 heterocycles. The maximum absolute atomic E-state index is 4.07. The predicted molar refractivity (Wildman–Crippen MR) is 184 cm³/mol. The Morgan fingerprint density at radius 2 is 1.41 bits per heavy atom. The van der Waals surface area contributed by atoms with Crippen LogP contribution < -0.4 is 10.6 Å². The molecule has 2 unspecified atom stereocenters. The maximum atomic E-state index is 4.07. The average Bonchev–Trinajstić information content (AvgIpc) is 3.42. The highest BCUT2D eigenvalue weighted by molar-refractivity contribution is 5.98. The Morgan fingerprint density at radius 3 is 2.32 bits per heavy atom. The summed E-state index contributed by atoms with van der Waals surface area (Å²) in [7, 11) is 0. The molecule has 5 aromatic rings. The minimum atomic E-state index is -0.0399. The van der Waals surface area contributed by atoms with Gasteiger partial charge in [0, 0.05) is 22.1 Å².